The summed E-state index contributed by atoms with van der Waals surface area (Å²) in [5.74, 6) is 3.44. The lowest BCUT2D eigenvalue weighted by Crippen LogP contribution is -2.73. The Bertz CT molecular complexity index is 1300. The van der Waals surface area contributed by atoms with Crippen molar-refractivity contribution in [2.75, 3.05) is 55.7 Å². The molecule has 0 radical (unpaired) electrons. The van der Waals surface area contributed by atoms with Crippen molar-refractivity contribution in [1.82, 2.24) is 29.6 Å². The van der Waals surface area contributed by atoms with Crippen molar-refractivity contribution >= 4 is 23.4 Å². The summed E-state index contributed by atoms with van der Waals surface area (Å²) in [4.78, 5) is 15.4. The fourth-order valence-electron chi connectivity index (χ4n) is 5.83. The number of fused-ring (bicyclic) bond motifs is 3. The lowest BCUT2D eigenvalue weighted by Gasteiger charge is -2.60. The highest BCUT2D eigenvalue weighted by molar-refractivity contribution is 6.30. The predicted molar refractivity (Wildman–Crippen MR) is 129 cm³/mol. The number of aryl methyl sites for hydroxylation is 1. The normalized spacial score (nSPS) is 22.0. The molecule has 6 heterocycles. The Labute approximate surface area is 207 Å². The van der Waals surface area contributed by atoms with Crippen molar-refractivity contribution < 1.29 is 9.13 Å². The molecule has 0 aliphatic carbocycles. The van der Waals surface area contributed by atoms with Gasteiger partial charge in [-0.2, -0.15) is 0 Å². The van der Waals surface area contributed by atoms with E-state index in [1.807, 2.05) is 37.4 Å². The fraction of sp³-hybridized carbons (Fsp3) is 0.500. The van der Waals surface area contributed by atoms with Gasteiger partial charge in [-0.15, -0.1) is 10.2 Å². The standard InChI is InChI=1S/C24H26ClFN8O/c1-16-27-5-4-20(28-16)32-9-23(10-32)11-33(12-23)22-30-29-21-8-31(13-24(26)14-35-15-24)7-17-6-18(25)2-3-19(17)34(21)22/h2-6H,7-15H2,1H3. The fourth-order valence-corrected chi connectivity index (χ4v) is 6.03. The van der Waals surface area contributed by atoms with E-state index in [0.717, 1.165) is 60.8 Å². The van der Waals surface area contributed by atoms with Gasteiger partial charge in [0.05, 0.1) is 25.4 Å². The van der Waals surface area contributed by atoms with Crippen LogP contribution in [0.25, 0.3) is 5.69 Å². The Hall–Kier alpha value is -2.82. The van der Waals surface area contributed by atoms with Gasteiger partial charge in [0.15, 0.2) is 11.5 Å². The van der Waals surface area contributed by atoms with E-state index in [1.165, 1.54) is 0 Å². The number of benzene rings is 1. The molecule has 3 fully saturated rings. The van der Waals surface area contributed by atoms with Gasteiger partial charge in [-0.3, -0.25) is 9.47 Å². The molecule has 11 heteroatoms. The topological polar surface area (TPSA) is 75.4 Å². The third-order valence-electron chi connectivity index (χ3n) is 7.46. The lowest BCUT2D eigenvalue weighted by molar-refractivity contribution is -0.142. The summed E-state index contributed by atoms with van der Waals surface area (Å²) in [7, 11) is 0. The van der Waals surface area contributed by atoms with Crippen LogP contribution in [0, 0.1) is 12.3 Å². The van der Waals surface area contributed by atoms with Crippen LogP contribution in [-0.4, -0.2) is 81.2 Å². The summed E-state index contributed by atoms with van der Waals surface area (Å²) < 4.78 is 22.2. The van der Waals surface area contributed by atoms with Gasteiger partial charge in [0, 0.05) is 55.9 Å². The summed E-state index contributed by atoms with van der Waals surface area (Å²) >= 11 is 6.35. The summed E-state index contributed by atoms with van der Waals surface area (Å²) in [6.07, 6.45) is 1.82. The van der Waals surface area contributed by atoms with Gasteiger partial charge in [-0.05, 0) is 36.8 Å². The molecule has 35 heavy (non-hydrogen) atoms. The Morgan fingerprint density at radius 2 is 1.86 bits per heavy atom. The van der Waals surface area contributed by atoms with Crippen LogP contribution in [-0.2, 0) is 17.8 Å². The van der Waals surface area contributed by atoms with E-state index < -0.39 is 5.67 Å². The third kappa shape index (κ3) is 3.57. The van der Waals surface area contributed by atoms with Crippen molar-refractivity contribution in [2.24, 2.45) is 5.41 Å². The highest BCUT2D eigenvalue weighted by Gasteiger charge is 2.53. The molecule has 4 aliphatic rings. The molecule has 1 spiro atoms. The number of hydrogen-bond donors (Lipinski definition) is 0. The first-order valence-corrected chi connectivity index (χ1v) is 12.3. The minimum atomic E-state index is -1.31. The van der Waals surface area contributed by atoms with Gasteiger partial charge < -0.3 is 14.5 Å². The maximum atomic E-state index is 14.9. The van der Waals surface area contributed by atoms with Crippen molar-refractivity contribution in [3.05, 3.63) is 52.7 Å². The molecule has 1 aromatic carbocycles. The molecule has 0 atom stereocenters. The zero-order valence-corrected chi connectivity index (χ0v) is 20.2. The van der Waals surface area contributed by atoms with Crippen LogP contribution >= 0.6 is 11.6 Å². The molecule has 7 rings (SSSR count). The molecular formula is C24H26ClFN8O. The second kappa shape index (κ2) is 7.59. The van der Waals surface area contributed by atoms with Crippen LogP contribution in [0.2, 0.25) is 5.02 Å². The van der Waals surface area contributed by atoms with Gasteiger partial charge in [0.2, 0.25) is 5.95 Å². The Kier molecular flexibility index (Phi) is 4.65. The number of hydrogen-bond acceptors (Lipinski definition) is 8. The first-order chi connectivity index (χ1) is 16.9. The maximum absolute atomic E-state index is 14.9. The van der Waals surface area contributed by atoms with Crippen molar-refractivity contribution in [2.45, 2.75) is 25.7 Å². The number of aromatic nitrogens is 5. The van der Waals surface area contributed by atoms with Gasteiger partial charge in [0.25, 0.3) is 0 Å². The zero-order chi connectivity index (χ0) is 23.8. The van der Waals surface area contributed by atoms with E-state index in [4.69, 9.17) is 16.3 Å². The number of anilines is 2. The average molecular weight is 497 g/mol. The minimum Gasteiger partial charge on any atom is -0.375 e. The van der Waals surface area contributed by atoms with Crippen molar-refractivity contribution in [1.29, 1.82) is 0 Å². The second-order valence-electron chi connectivity index (χ2n) is 10.5. The Balaban J connectivity index is 1.13. The van der Waals surface area contributed by atoms with Gasteiger partial charge in [-0.1, -0.05) is 11.6 Å². The largest absolute Gasteiger partial charge is 0.375 e. The molecule has 3 saturated heterocycles. The number of alkyl halides is 1. The van der Waals surface area contributed by atoms with Crippen LogP contribution in [0.1, 0.15) is 17.2 Å². The van der Waals surface area contributed by atoms with E-state index in [0.29, 0.717) is 24.7 Å². The van der Waals surface area contributed by atoms with E-state index in [1.54, 1.807) is 0 Å². The van der Waals surface area contributed by atoms with Crippen LogP contribution < -0.4 is 9.80 Å². The van der Waals surface area contributed by atoms with Gasteiger partial charge in [0.1, 0.15) is 11.6 Å². The van der Waals surface area contributed by atoms with Gasteiger partial charge in [-0.25, -0.2) is 14.4 Å². The molecule has 0 unspecified atom stereocenters. The first-order valence-electron chi connectivity index (χ1n) is 11.9. The molecule has 0 bridgehead atoms. The number of ether oxygens (including phenoxy) is 1. The number of halogens is 2. The third-order valence-corrected chi connectivity index (χ3v) is 7.69. The van der Waals surface area contributed by atoms with Crippen LogP contribution in [0.15, 0.2) is 30.5 Å². The molecular weight excluding hydrogens is 471 g/mol. The molecule has 3 aromatic rings. The quantitative estimate of drug-likeness (QED) is 0.545. The highest BCUT2D eigenvalue weighted by atomic mass is 35.5. The van der Waals surface area contributed by atoms with Crippen LogP contribution in [0.3, 0.4) is 0 Å². The monoisotopic (exact) mass is 496 g/mol. The highest BCUT2D eigenvalue weighted by Crippen LogP contribution is 2.44. The van der Waals surface area contributed by atoms with Gasteiger partial charge >= 0.3 is 0 Å². The molecule has 4 aliphatic heterocycles. The summed E-state index contributed by atoms with van der Waals surface area (Å²) in [5, 5.41) is 9.80. The van der Waals surface area contributed by atoms with E-state index >= 15 is 0 Å². The summed E-state index contributed by atoms with van der Waals surface area (Å²) in [5.41, 5.74) is 0.997. The SMILES string of the molecule is Cc1nccc(N2CC3(C2)CN(c2nnc4n2-c2ccc(Cl)cc2CN(CC2(F)COC2)C4)C3)n1. The van der Waals surface area contributed by atoms with E-state index in [9.17, 15) is 4.39 Å². The Morgan fingerprint density at radius 3 is 2.60 bits per heavy atom. The molecule has 0 N–H and O–H groups in total. The molecule has 0 saturated carbocycles. The molecule has 182 valence electrons. The maximum Gasteiger partial charge on any atom is 0.231 e. The minimum absolute atomic E-state index is 0.144. The molecule has 0 amide bonds. The summed E-state index contributed by atoms with van der Waals surface area (Å²) in [6, 6.07) is 7.86. The smallest absolute Gasteiger partial charge is 0.231 e. The second-order valence-corrected chi connectivity index (χ2v) is 10.9. The average Bonchev–Trinajstić information content (AvgIpc) is 3.07. The Morgan fingerprint density at radius 1 is 1.06 bits per heavy atom. The predicted octanol–water partition coefficient (Wildman–Crippen LogP) is 2.40. The number of rotatable bonds is 4. The molecule has 2 aromatic heterocycles. The zero-order valence-electron chi connectivity index (χ0n) is 19.5. The van der Waals surface area contributed by atoms with E-state index in [-0.39, 0.29) is 18.6 Å². The van der Waals surface area contributed by atoms with Crippen molar-refractivity contribution in [3.8, 4) is 5.69 Å². The molecule has 9 nitrogen and oxygen atoms in total. The lowest BCUT2D eigenvalue weighted by atomic mass is 9.73. The first kappa shape index (κ1) is 21.5. The summed E-state index contributed by atoms with van der Waals surface area (Å²) in [6.45, 7) is 7.41. The number of nitrogens with zero attached hydrogens (tertiary/aromatic N) is 8. The van der Waals surface area contributed by atoms with Crippen LogP contribution in [0.5, 0.6) is 0 Å². The van der Waals surface area contributed by atoms with E-state index in [2.05, 4.69) is 39.4 Å². The van der Waals surface area contributed by atoms with Crippen LogP contribution in [0.4, 0.5) is 16.2 Å². The van der Waals surface area contributed by atoms with Crippen molar-refractivity contribution in [3.63, 3.8) is 0 Å².